The number of methoxy groups -OCH3 is 2. The second kappa shape index (κ2) is 9.45. The van der Waals surface area contributed by atoms with Gasteiger partial charge in [0.05, 0.1) is 19.7 Å². The zero-order chi connectivity index (χ0) is 21.0. The van der Waals surface area contributed by atoms with Gasteiger partial charge in [-0.05, 0) is 53.6 Å². The third-order valence-corrected chi connectivity index (χ3v) is 5.44. The molecule has 8 heteroatoms. The number of hydrogen-bond donors (Lipinski definition) is 1. The largest absolute Gasteiger partial charge is 0.493 e. The lowest BCUT2D eigenvalue weighted by molar-refractivity contribution is 0.315. The van der Waals surface area contributed by atoms with E-state index in [1.165, 1.54) is 0 Å². The van der Waals surface area contributed by atoms with Crippen molar-refractivity contribution in [2.45, 2.75) is 18.9 Å². The van der Waals surface area contributed by atoms with Crippen LogP contribution < -0.4 is 19.7 Å². The van der Waals surface area contributed by atoms with E-state index in [1.807, 2.05) is 12.1 Å². The second-order valence-corrected chi connectivity index (χ2v) is 8.03. The van der Waals surface area contributed by atoms with Gasteiger partial charge in [-0.15, -0.1) is 0 Å². The predicted octanol–water partition coefficient (Wildman–Crippen LogP) is 2.15. The van der Waals surface area contributed by atoms with E-state index >= 15 is 0 Å². The first-order chi connectivity index (χ1) is 13.9. The summed E-state index contributed by atoms with van der Waals surface area (Å²) in [4.78, 5) is 16.5. The van der Waals surface area contributed by atoms with Crippen molar-refractivity contribution in [3.63, 3.8) is 0 Å². The third kappa shape index (κ3) is 5.00. The molecule has 1 fully saturated rings. The molecule has 8 nitrogen and oxygen atoms in total. The van der Waals surface area contributed by atoms with E-state index in [9.17, 15) is 0 Å². The first-order valence-electron chi connectivity index (χ1n) is 10.2. The molecule has 1 aliphatic rings. The SMILES string of the molecule is COc1cc2nc(NCCCN(C)C)nc(N3CC[C@H](N(C)C)C3)c2cc1OC. The molecule has 1 aromatic heterocycles. The highest BCUT2D eigenvalue weighted by atomic mass is 16.5. The number of hydrogen-bond acceptors (Lipinski definition) is 8. The molecule has 3 rings (SSSR count). The van der Waals surface area contributed by atoms with Crippen molar-refractivity contribution in [2.75, 3.05) is 78.8 Å². The Kier molecular flexibility index (Phi) is 6.97. The van der Waals surface area contributed by atoms with Gasteiger partial charge < -0.3 is 29.5 Å². The maximum atomic E-state index is 5.53. The molecule has 0 aliphatic carbocycles. The number of fused-ring (bicyclic) bond motifs is 1. The molecule has 29 heavy (non-hydrogen) atoms. The number of aromatic nitrogens is 2. The Hall–Kier alpha value is -2.32. The van der Waals surface area contributed by atoms with Crippen molar-refractivity contribution in [1.82, 2.24) is 19.8 Å². The van der Waals surface area contributed by atoms with Crippen LogP contribution in [0.25, 0.3) is 10.9 Å². The van der Waals surface area contributed by atoms with E-state index in [-0.39, 0.29) is 0 Å². The summed E-state index contributed by atoms with van der Waals surface area (Å²) in [7, 11) is 11.7. The average molecular weight is 403 g/mol. The average Bonchev–Trinajstić information content (AvgIpc) is 3.19. The maximum absolute atomic E-state index is 5.53. The molecule has 0 saturated carbocycles. The van der Waals surface area contributed by atoms with E-state index in [1.54, 1.807) is 14.2 Å². The molecule has 0 radical (unpaired) electrons. The van der Waals surface area contributed by atoms with Crippen molar-refractivity contribution in [2.24, 2.45) is 0 Å². The van der Waals surface area contributed by atoms with Gasteiger partial charge in [-0.1, -0.05) is 0 Å². The van der Waals surface area contributed by atoms with Crippen molar-refractivity contribution in [1.29, 1.82) is 0 Å². The highest BCUT2D eigenvalue weighted by molar-refractivity contribution is 5.93. The molecule has 1 aliphatic heterocycles. The zero-order valence-electron chi connectivity index (χ0n) is 18.5. The van der Waals surface area contributed by atoms with Gasteiger partial charge in [0, 0.05) is 37.1 Å². The fraction of sp³-hybridized carbons (Fsp3) is 0.619. The van der Waals surface area contributed by atoms with Crippen LogP contribution >= 0.6 is 0 Å². The summed E-state index contributed by atoms with van der Waals surface area (Å²) in [6, 6.07) is 4.45. The van der Waals surface area contributed by atoms with Crippen LogP contribution in [0, 0.1) is 0 Å². The molecule has 160 valence electrons. The summed E-state index contributed by atoms with van der Waals surface area (Å²) >= 11 is 0. The Balaban J connectivity index is 1.96. The lowest BCUT2D eigenvalue weighted by Crippen LogP contribution is -2.32. The molecule has 2 aromatic rings. The molecule has 1 saturated heterocycles. The minimum absolute atomic E-state index is 0.525. The molecule has 1 atom stereocenters. The van der Waals surface area contributed by atoms with Gasteiger partial charge in [0.15, 0.2) is 11.5 Å². The molecule has 0 spiro atoms. The third-order valence-electron chi connectivity index (χ3n) is 5.44. The molecule has 0 unspecified atom stereocenters. The number of likely N-dealkylation sites (N-methyl/N-ethyl adjacent to an activating group) is 1. The van der Waals surface area contributed by atoms with Gasteiger partial charge in [0.1, 0.15) is 5.82 Å². The van der Waals surface area contributed by atoms with E-state index in [0.717, 1.165) is 55.7 Å². The smallest absolute Gasteiger partial charge is 0.225 e. The molecule has 1 aromatic carbocycles. The van der Waals surface area contributed by atoms with Gasteiger partial charge in [-0.2, -0.15) is 4.98 Å². The van der Waals surface area contributed by atoms with Crippen LogP contribution in [0.5, 0.6) is 11.5 Å². The Morgan fingerprint density at radius 3 is 2.45 bits per heavy atom. The number of nitrogens with one attached hydrogen (secondary N) is 1. The second-order valence-electron chi connectivity index (χ2n) is 8.03. The van der Waals surface area contributed by atoms with Crippen LogP contribution in [0.4, 0.5) is 11.8 Å². The predicted molar refractivity (Wildman–Crippen MR) is 119 cm³/mol. The van der Waals surface area contributed by atoms with Crippen LogP contribution in [-0.2, 0) is 0 Å². The zero-order valence-corrected chi connectivity index (χ0v) is 18.5. The highest BCUT2D eigenvalue weighted by Crippen LogP contribution is 2.36. The summed E-state index contributed by atoms with van der Waals surface area (Å²) < 4.78 is 11.0. The van der Waals surface area contributed by atoms with Gasteiger partial charge in [-0.25, -0.2) is 4.98 Å². The standard InChI is InChI=1S/C21H34N6O2/c1-25(2)10-7-9-22-21-23-17-13-19(29-6)18(28-5)12-16(17)20(24-21)27-11-8-15(14-27)26(3)4/h12-13,15H,7-11,14H2,1-6H3,(H,22,23,24)/t15-/m0/s1. The van der Waals surface area contributed by atoms with Crippen LogP contribution in [0.15, 0.2) is 12.1 Å². The minimum Gasteiger partial charge on any atom is -0.493 e. The number of rotatable bonds is 9. The van der Waals surface area contributed by atoms with Gasteiger partial charge in [0.2, 0.25) is 5.95 Å². The lowest BCUT2D eigenvalue weighted by Gasteiger charge is -2.23. The normalized spacial score (nSPS) is 16.8. The molecule has 1 N–H and O–H groups in total. The molecule has 0 bridgehead atoms. The Morgan fingerprint density at radius 1 is 1.10 bits per heavy atom. The van der Waals surface area contributed by atoms with Crippen molar-refractivity contribution in [3.05, 3.63) is 12.1 Å². The summed E-state index contributed by atoms with van der Waals surface area (Å²) in [5.41, 5.74) is 0.857. The summed E-state index contributed by atoms with van der Waals surface area (Å²) in [6.07, 6.45) is 2.15. The summed E-state index contributed by atoms with van der Waals surface area (Å²) in [6.45, 7) is 3.78. The molecule has 2 heterocycles. The topological polar surface area (TPSA) is 66.0 Å². The molecular weight excluding hydrogens is 368 g/mol. The lowest BCUT2D eigenvalue weighted by atomic mass is 10.2. The molecular formula is C21H34N6O2. The van der Waals surface area contributed by atoms with E-state index in [0.29, 0.717) is 23.5 Å². The Bertz CT molecular complexity index is 826. The van der Waals surface area contributed by atoms with Gasteiger partial charge >= 0.3 is 0 Å². The fourth-order valence-corrected chi connectivity index (χ4v) is 3.71. The Morgan fingerprint density at radius 2 is 1.83 bits per heavy atom. The Labute approximate surface area is 173 Å². The first kappa shape index (κ1) is 21.4. The van der Waals surface area contributed by atoms with E-state index in [4.69, 9.17) is 19.4 Å². The number of anilines is 2. The first-order valence-corrected chi connectivity index (χ1v) is 10.2. The number of nitrogens with zero attached hydrogens (tertiary/aromatic N) is 5. The summed E-state index contributed by atoms with van der Waals surface area (Å²) in [5.74, 6) is 2.98. The number of ether oxygens (including phenoxy) is 2. The van der Waals surface area contributed by atoms with Crippen LogP contribution in [0.1, 0.15) is 12.8 Å². The van der Waals surface area contributed by atoms with E-state index < -0.39 is 0 Å². The van der Waals surface area contributed by atoms with Gasteiger partial charge in [0.25, 0.3) is 0 Å². The quantitative estimate of drug-likeness (QED) is 0.640. The molecule has 0 amide bonds. The van der Waals surface area contributed by atoms with Crippen LogP contribution in [0.3, 0.4) is 0 Å². The van der Waals surface area contributed by atoms with Crippen molar-refractivity contribution < 1.29 is 9.47 Å². The maximum Gasteiger partial charge on any atom is 0.225 e. The van der Waals surface area contributed by atoms with Crippen molar-refractivity contribution in [3.8, 4) is 11.5 Å². The van der Waals surface area contributed by atoms with Crippen LogP contribution in [-0.4, -0.2) is 94.4 Å². The van der Waals surface area contributed by atoms with Crippen LogP contribution in [0.2, 0.25) is 0 Å². The van der Waals surface area contributed by atoms with E-state index in [2.05, 4.69) is 48.2 Å². The number of benzene rings is 1. The monoisotopic (exact) mass is 402 g/mol. The minimum atomic E-state index is 0.525. The summed E-state index contributed by atoms with van der Waals surface area (Å²) in [5, 5.41) is 4.38. The van der Waals surface area contributed by atoms with Gasteiger partial charge in [-0.3, -0.25) is 0 Å². The highest BCUT2D eigenvalue weighted by Gasteiger charge is 2.27. The fourth-order valence-electron chi connectivity index (χ4n) is 3.71. The van der Waals surface area contributed by atoms with Crippen molar-refractivity contribution >= 4 is 22.7 Å².